The fraction of sp³-hybridized carbons (Fsp3) is 0.300. The van der Waals surface area contributed by atoms with Gasteiger partial charge in [0.1, 0.15) is 17.2 Å². The first-order valence-corrected chi connectivity index (χ1v) is 8.52. The standard InChI is InChI=1S/C20H23NO6/c1-4-25-16-8-10-17(11-9-16)26-13-19(22)27-14(2)20(23)21-15-6-5-7-18(12-15)24-3/h5-12,14H,4,13H2,1-3H3,(H,21,23)/t14-/m1/s1. The highest BCUT2D eigenvalue weighted by Crippen LogP contribution is 2.18. The lowest BCUT2D eigenvalue weighted by atomic mass is 10.3. The van der Waals surface area contributed by atoms with Gasteiger partial charge in [0.2, 0.25) is 0 Å². The Morgan fingerprint density at radius 3 is 2.30 bits per heavy atom. The van der Waals surface area contributed by atoms with E-state index in [4.69, 9.17) is 18.9 Å². The van der Waals surface area contributed by atoms with Crippen molar-refractivity contribution in [3.8, 4) is 17.2 Å². The maximum Gasteiger partial charge on any atom is 0.344 e. The highest BCUT2D eigenvalue weighted by molar-refractivity contribution is 5.95. The molecule has 0 aliphatic heterocycles. The lowest BCUT2D eigenvalue weighted by Crippen LogP contribution is -2.31. The van der Waals surface area contributed by atoms with Gasteiger partial charge in [-0.25, -0.2) is 4.79 Å². The molecule has 2 rings (SSSR count). The molecule has 0 bridgehead atoms. The van der Waals surface area contributed by atoms with Gasteiger partial charge in [0.25, 0.3) is 5.91 Å². The molecule has 144 valence electrons. The van der Waals surface area contributed by atoms with Gasteiger partial charge >= 0.3 is 5.97 Å². The van der Waals surface area contributed by atoms with Gasteiger partial charge in [0.15, 0.2) is 12.7 Å². The topological polar surface area (TPSA) is 83.1 Å². The third-order valence-electron chi connectivity index (χ3n) is 3.51. The molecule has 2 aromatic rings. The number of hydrogen-bond acceptors (Lipinski definition) is 6. The fourth-order valence-electron chi connectivity index (χ4n) is 2.17. The Labute approximate surface area is 158 Å². The summed E-state index contributed by atoms with van der Waals surface area (Å²) in [5.74, 6) is 0.746. The zero-order chi connectivity index (χ0) is 19.6. The predicted molar refractivity (Wildman–Crippen MR) is 100 cm³/mol. The average molecular weight is 373 g/mol. The number of ether oxygens (including phenoxy) is 4. The van der Waals surface area contributed by atoms with Crippen molar-refractivity contribution in [1.29, 1.82) is 0 Å². The van der Waals surface area contributed by atoms with Crippen LogP contribution in [0.2, 0.25) is 0 Å². The number of carbonyl (C=O) groups excluding carboxylic acids is 2. The molecule has 0 saturated carbocycles. The molecule has 7 heteroatoms. The summed E-state index contributed by atoms with van der Waals surface area (Å²) in [5.41, 5.74) is 0.549. The van der Waals surface area contributed by atoms with Crippen LogP contribution in [0.4, 0.5) is 5.69 Å². The minimum atomic E-state index is -0.965. The quantitative estimate of drug-likeness (QED) is 0.680. The van der Waals surface area contributed by atoms with Crippen molar-refractivity contribution >= 4 is 17.6 Å². The Morgan fingerprint density at radius 1 is 1.00 bits per heavy atom. The number of rotatable bonds is 9. The molecular formula is C20H23NO6. The van der Waals surface area contributed by atoms with Crippen molar-refractivity contribution in [3.05, 3.63) is 48.5 Å². The maximum atomic E-state index is 12.1. The van der Waals surface area contributed by atoms with Crippen LogP contribution >= 0.6 is 0 Å². The highest BCUT2D eigenvalue weighted by atomic mass is 16.6. The van der Waals surface area contributed by atoms with Gasteiger partial charge in [-0.15, -0.1) is 0 Å². The van der Waals surface area contributed by atoms with Crippen LogP contribution in [0.25, 0.3) is 0 Å². The molecule has 0 aromatic heterocycles. The van der Waals surface area contributed by atoms with E-state index in [-0.39, 0.29) is 6.61 Å². The summed E-state index contributed by atoms with van der Waals surface area (Å²) in [6, 6.07) is 13.8. The molecular weight excluding hydrogens is 350 g/mol. The van der Waals surface area contributed by atoms with Crippen LogP contribution in [0.15, 0.2) is 48.5 Å². The summed E-state index contributed by atoms with van der Waals surface area (Å²) in [7, 11) is 1.54. The summed E-state index contributed by atoms with van der Waals surface area (Å²) in [5, 5.41) is 2.66. The summed E-state index contributed by atoms with van der Waals surface area (Å²) in [6.45, 7) is 3.66. The molecule has 0 spiro atoms. The van der Waals surface area contributed by atoms with Crippen LogP contribution < -0.4 is 19.5 Å². The first-order valence-electron chi connectivity index (χ1n) is 8.52. The zero-order valence-corrected chi connectivity index (χ0v) is 15.6. The van der Waals surface area contributed by atoms with E-state index in [1.807, 2.05) is 6.92 Å². The summed E-state index contributed by atoms with van der Waals surface area (Å²) < 4.78 is 20.9. The van der Waals surface area contributed by atoms with Gasteiger partial charge in [-0.3, -0.25) is 4.79 Å². The summed E-state index contributed by atoms with van der Waals surface area (Å²) >= 11 is 0. The molecule has 27 heavy (non-hydrogen) atoms. The maximum absolute atomic E-state index is 12.1. The van der Waals surface area contributed by atoms with E-state index in [1.165, 1.54) is 14.0 Å². The molecule has 0 radical (unpaired) electrons. The van der Waals surface area contributed by atoms with Crippen LogP contribution in [0, 0.1) is 0 Å². The van der Waals surface area contributed by atoms with Crippen molar-refractivity contribution in [2.45, 2.75) is 20.0 Å². The molecule has 1 N–H and O–H groups in total. The average Bonchev–Trinajstić information content (AvgIpc) is 2.67. The molecule has 0 aliphatic carbocycles. The summed E-state index contributed by atoms with van der Waals surface area (Å²) in [4.78, 5) is 24.0. The summed E-state index contributed by atoms with van der Waals surface area (Å²) in [6.07, 6.45) is -0.965. The molecule has 0 unspecified atom stereocenters. The molecule has 0 saturated heterocycles. The van der Waals surface area contributed by atoms with E-state index in [1.54, 1.807) is 48.5 Å². The van der Waals surface area contributed by atoms with Crippen LogP contribution in [0.3, 0.4) is 0 Å². The van der Waals surface area contributed by atoms with Gasteiger partial charge in [0.05, 0.1) is 13.7 Å². The van der Waals surface area contributed by atoms with Crippen molar-refractivity contribution in [3.63, 3.8) is 0 Å². The van der Waals surface area contributed by atoms with E-state index >= 15 is 0 Å². The Balaban J connectivity index is 1.79. The second kappa shape index (κ2) is 10.1. The van der Waals surface area contributed by atoms with E-state index in [9.17, 15) is 9.59 Å². The van der Waals surface area contributed by atoms with Gasteiger partial charge in [-0.1, -0.05) is 6.07 Å². The number of esters is 1. The Hall–Kier alpha value is -3.22. The van der Waals surface area contributed by atoms with E-state index < -0.39 is 18.0 Å². The minimum Gasteiger partial charge on any atom is -0.497 e. The van der Waals surface area contributed by atoms with Gasteiger partial charge in [-0.05, 0) is 50.2 Å². The number of amides is 1. The lowest BCUT2D eigenvalue weighted by molar-refractivity contribution is -0.155. The highest BCUT2D eigenvalue weighted by Gasteiger charge is 2.18. The number of hydrogen-bond donors (Lipinski definition) is 1. The SMILES string of the molecule is CCOc1ccc(OCC(=O)O[C@H](C)C(=O)Nc2cccc(OC)c2)cc1. The molecule has 0 fully saturated rings. The first-order chi connectivity index (χ1) is 13.0. The molecule has 1 atom stereocenters. The predicted octanol–water partition coefficient (Wildman–Crippen LogP) is 3.04. The third kappa shape index (κ3) is 6.54. The minimum absolute atomic E-state index is 0.301. The Kier molecular flexibility index (Phi) is 7.49. The van der Waals surface area contributed by atoms with Crippen LogP contribution in [-0.4, -0.2) is 38.3 Å². The van der Waals surface area contributed by atoms with Crippen molar-refractivity contribution in [2.24, 2.45) is 0 Å². The number of nitrogens with one attached hydrogen (secondary N) is 1. The lowest BCUT2D eigenvalue weighted by Gasteiger charge is -2.14. The van der Waals surface area contributed by atoms with Gasteiger partial charge in [-0.2, -0.15) is 0 Å². The molecule has 0 aliphatic rings. The van der Waals surface area contributed by atoms with Crippen molar-refractivity contribution in [1.82, 2.24) is 0 Å². The normalized spacial score (nSPS) is 11.2. The van der Waals surface area contributed by atoms with Crippen molar-refractivity contribution < 1.29 is 28.5 Å². The molecule has 7 nitrogen and oxygen atoms in total. The second-order valence-corrected chi connectivity index (χ2v) is 5.55. The van der Waals surface area contributed by atoms with Crippen LogP contribution in [0.1, 0.15) is 13.8 Å². The van der Waals surface area contributed by atoms with E-state index in [0.717, 1.165) is 5.75 Å². The molecule has 2 aromatic carbocycles. The van der Waals surface area contributed by atoms with Gasteiger partial charge in [0, 0.05) is 11.8 Å². The van der Waals surface area contributed by atoms with Crippen LogP contribution in [0.5, 0.6) is 17.2 Å². The largest absolute Gasteiger partial charge is 0.497 e. The number of carbonyl (C=O) groups is 2. The Morgan fingerprint density at radius 2 is 1.67 bits per heavy atom. The van der Waals surface area contributed by atoms with E-state index in [2.05, 4.69) is 5.32 Å². The van der Waals surface area contributed by atoms with Gasteiger partial charge < -0.3 is 24.3 Å². The smallest absolute Gasteiger partial charge is 0.344 e. The Bertz CT molecular complexity index is 759. The van der Waals surface area contributed by atoms with Crippen molar-refractivity contribution in [2.75, 3.05) is 25.6 Å². The molecule has 1 amide bonds. The first kappa shape index (κ1) is 20.1. The number of methoxy groups -OCH3 is 1. The molecule has 0 heterocycles. The third-order valence-corrected chi connectivity index (χ3v) is 3.51. The van der Waals surface area contributed by atoms with Crippen LogP contribution in [-0.2, 0) is 14.3 Å². The number of benzene rings is 2. The monoisotopic (exact) mass is 373 g/mol. The van der Waals surface area contributed by atoms with E-state index in [0.29, 0.717) is 23.8 Å². The number of anilines is 1. The second-order valence-electron chi connectivity index (χ2n) is 5.55. The zero-order valence-electron chi connectivity index (χ0n) is 15.6. The fourth-order valence-corrected chi connectivity index (χ4v) is 2.17.